The highest BCUT2D eigenvalue weighted by molar-refractivity contribution is 7.78. The van der Waals surface area contributed by atoms with Crippen molar-refractivity contribution in [1.29, 1.82) is 0 Å². The largest absolute Gasteiger partial charge is 0.326 e. The van der Waals surface area contributed by atoms with Crippen molar-refractivity contribution in [3.8, 4) is 0 Å². The van der Waals surface area contributed by atoms with Gasteiger partial charge < -0.3 is 13.7 Å². The van der Waals surface area contributed by atoms with Crippen molar-refractivity contribution in [2.45, 2.75) is 19.6 Å². The molecule has 0 radical (unpaired) electrons. The fraction of sp³-hybridized carbons (Fsp3) is 0.100. The predicted octanol–water partition coefficient (Wildman–Crippen LogP) is 4.18. The second-order valence-electron chi connectivity index (χ2n) is 8.86. The number of hydrogen-bond acceptors (Lipinski definition) is 3. The first-order valence-corrected chi connectivity index (χ1v) is 13.6. The van der Waals surface area contributed by atoms with Crippen LogP contribution >= 0.6 is 7.92 Å². The van der Waals surface area contributed by atoms with Gasteiger partial charge in [-0.05, 0) is 16.7 Å². The normalized spacial score (nSPS) is 11.3. The van der Waals surface area contributed by atoms with Gasteiger partial charge in [-0.25, -0.2) is 15.0 Å². The summed E-state index contributed by atoms with van der Waals surface area (Å²) in [5.74, 6) is 0. The molecule has 0 amide bonds. The van der Waals surface area contributed by atoms with Gasteiger partial charge in [-0.2, -0.15) is 0 Å². The highest BCUT2D eigenvalue weighted by Gasteiger charge is 2.30. The van der Waals surface area contributed by atoms with Crippen LogP contribution in [0.3, 0.4) is 0 Å². The molecule has 0 aliphatic rings. The zero-order valence-corrected chi connectivity index (χ0v) is 21.3. The smallest absolute Gasteiger partial charge is 0.147 e. The van der Waals surface area contributed by atoms with Gasteiger partial charge in [0.05, 0.1) is 0 Å². The lowest BCUT2D eigenvalue weighted by Gasteiger charge is -2.21. The summed E-state index contributed by atoms with van der Waals surface area (Å²) in [6, 6.07) is 31.5. The van der Waals surface area contributed by atoms with Gasteiger partial charge in [-0.3, -0.25) is 0 Å². The summed E-state index contributed by atoms with van der Waals surface area (Å²) in [4.78, 5) is 14.7. The minimum atomic E-state index is -1.13. The molecule has 0 spiro atoms. The molecule has 7 heteroatoms. The Labute approximate surface area is 217 Å². The summed E-state index contributed by atoms with van der Waals surface area (Å²) < 4.78 is 6.72. The summed E-state index contributed by atoms with van der Waals surface area (Å²) in [5.41, 5.74) is 6.66. The molecule has 6 nitrogen and oxygen atoms in total. The van der Waals surface area contributed by atoms with E-state index in [1.165, 1.54) is 16.7 Å². The van der Waals surface area contributed by atoms with E-state index in [2.05, 4.69) is 105 Å². The van der Waals surface area contributed by atoms with Crippen molar-refractivity contribution in [1.82, 2.24) is 28.7 Å². The van der Waals surface area contributed by atoms with Crippen molar-refractivity contribution in [2.75, 3.05) is 0 Å². The van der Waals surface area contributed by atoms with Crippen molar-refractivity contribution in [2.24, 2.45) is 0 Å². The summed E-state index contributed by atoms with van der Waals surface area (Å²) in [7, 11) is -1.13. The van der Waals surface area contributed by atoms with Crippen molar-refractivity contribution in [3.63, 3.8) is 0 Å². The lowest BCUT2D eigenvalue weighted by Crippen LogP contribution is -2.36. The molecule has 6 aromatic rings. The average molecular weight is 503 g/mol. The fourth-order valence-electron chi connectivity index (χ4n) is 4.50. The molecule has 0 atom stereocenters. The highest BCUT2D eigenvalue weighted by atomic mass is 31.1. The van der Waals surface area contributed by atoms with E-state index in [4.69, 9.17) is 15.0 Å². The molecular weight excluding hydrogens is 475 g/mol. The van der Waals surface area contributed by atoms with Crippen LogP contribution in [-0.4, -0.2) is 28.7 Å². The lowest BCUT2D eigenvalue weighted by molar-refractivity contribution is 0.810. The fourth-order valence-corrected chi connectivity index (χ4v) is 6.77. The first kappa shape index (κ1) is 23.1. The quantitative estimate of drug-likeness (QED) is 0.279. The van der Waals surface area contributed by atoms with E-state index >= 15 is 0 Å². The van der Waals surface area contributed by atoms with Crippen LogP contribution in [0.5, 0.6) is 0 Å². The zero-order valence-electron chi connectivity index (χ0n) is 20.4. The van der Waals surface area contributed by atoms with Crippen molar-refractivity contribution >= 4 is 24.6 Å². The first-order chi connectivity index (χ1) is 18.3. The molecule has 6 rings (SSSR count). The Hall–Kier alpha value is -4.28. The number of hydrogen-bond donors (Lipinski definition) is 0. The van der Waals surface area contributed by atoms with Crippen LogP contribution in [0, 0.1) is 0 Å². The first-order valence-electron chi connectivity index (χ1n) is 12.3. The molecule has 3 aromatic carbocycles. The minimum Gasteiger partial charge on any atom is -0.326 e. The second kappa shape index (κ2) is 10.8. The van der Waals surface area contributed by atoms with Gasteiger partial charge in [0.1, 0.15) is 24.6 Å². The summed E-state index contributed by atoms with van der Waals surface area (Å²) in [6.07, 6.45) is 11.9. The van der Waals surface area contributed by atoms with Crippen molar-refractivity contribution in [3.05, 3.63) is 145 Å². The molecule has 0 aliphatic heterocycles. The molecule has 0 aliphatic carbocycles. The molecule has 3 heterocycles. The Morgan fingerprint density at radius 3 is 1.03 bits per heavy atom. The molecule has 0 saturated heterocycles. The standard InChI is InChI=1S/C30H27N6P/c1-4-10-25(11-5-1)22-34-19-16-31-28(34)37(29-32-17-20-35(29)23-26-12-6-2-7-13-26)30-33-18-21-36(30)24-27-14-8-3-9-15-27/h1-21H,22-24H2. The van der Waals surface area contributed by atoms with E-state index in [1.54, 1.807) is 0 Å². The van der Waals surface area contributed by atoms with E-state index < -0.39 is 7.92 Å². The van der Waals surface area contributed by atoms with Crippen molar-refractivity contribution < 1.29 is 0 Å². The molecule has 37 heavy (non-hydrogen) atoms. The van der Waals surface area contributed by atoms with Crippen LogP contribution < -0.4 is 16.7 Å². The molecule has 0 N–H and O–H groups in total. The molecule has 0 bridgehead atoms. The van der Waals surface area contributed by atoms with Crippen LogP contribution in [0.25, 0.3) is 0 Å². The Kier molecular flexibility index (Phi) is 6.74. The third kappa shape index (κ3) is 5.16. The second-order valence-corrected chi connectivity index (χ2v) is 10.7. The summed E-state index contributed by atoms with van der Waals surface area (Å²) in [5, 5.41) is 0. The van der Waals surface area contributed by atoms with Crippen LogP contribution in [0.1, 0.15) is 16.7 Å². The van der Waals surface area contributed by atoms with E-state index in [1.807, 2.05) is 36.8 Å². The highest BCUT2D eigenvalue weighted by Crippen LogP contribution is 2.31. The van der Waals surface area contributed by atoms with E-state index in [0.717, 1.165) is 36.3 Å². The van der Waals surface area contributed by atoms with Crippen LogP contribution in [0.2, 0.25) is 0 Å². The summed E-state index contributed by atoms with van der Waals surface area (Å²) in [6.45, 7) is 2.23. The summed E-state index contributed by atoms with van der Waals surface area (Å²) >= 11 is 0. The average Bonchev–Trinajstić information content (AvgIpc) is 3.70. The molecule has 0 saturated carbocycles. The van der Waals surface area contributed by atoms with Crippen LogP contribution in [-0.2, 0) is 19.6 Å². The third-order valence-corrected chi connectivity index (χ3v) is 8.58. The molecule has 0 unspecified atom stereocenters. The lowest BCUT2D eigenvalue weighted by atomic mass is 10.2. The van der Waals surface area contributed by atoms with Gasteiger partial charge in [0, 0.05) is 56.8 Å². The maximum absolute atomic E-state index is 4.91. The zero-order chi connectivity index (χ0) is 24.9. The maximum atomic E-state index is 4.91. The minimum absolute atomic E-state index is 0.744. The van der Waals surface area contributed by atoms with E-state index in [0.29, 0.717) is 0 Å². The van der Waals surface area contributed by atoms with Gasteiger partial charge in [-0.1, -0.05) is 91.0 Å². The SMILES string of the molecule is c1ccc(Cn2ccnc2P(c2nccn2Cc2ccccc2)c2nccn2Cc2ccccc2)cc1. The Balaban J connectivity index is 1.44. The maximum Gasteiger partial charge on any atom is 0.147 e. The van der Waals surface area contributed by atoms with Crippen LogP contribution in [0.15, 0.2) is 128 Å². The Morgan fingerprint density at radius 2 is 0.730 bits per heavy atom. The molecule has 182 valence electrons. The molecule has 0 fully saturated rings. The van der Waals surface area contributed by atoms with Gasteiger partial charge in [0.2, 0.25) is 0 Å². The number of nitrogens with zero attached hydrogens (tertiary/aromatic N) is 6. The molecular formula is C30H27N6P. The van der Waals surface area contributed by atoms with E-state index in [9.17, 15) is 0 Å². The van der Waals surface area contributed by atoms with Crippen LogP contribution in [0.4, 0.5) is 0 Å². The number of benzene rings is 3. The van der Waals surface area contributed by atoms with Gasteiger partial charge >= 0.3 is 0 Å². The predicted molar refractivity (Wildman–Crippen MR) is 149 cm³/mol. The van der Waals surface area contributed by atoms with Gasteiger partial charge in [-0.15, -0.1) is 0 Å². The number of aromatic nitrogens is 6. The monoisotopic (exact) mass is 502 g/mol. The topological polar surface area (TPSA) is 53.5 Å². The number of rotatable bonds is 9. The van der Waals surface area contributed by atoms with Gasteiger partial charge in [0.25, 0.3) is 0 Å². The third-order valence-electron chi connectivity index (χ3n) is 6.27. The number of imidazole rings is 3. The van der Waals surface area contributed by atoms with E-state index in [-0.39, 0.29) is 0 Å². The Bertz CT molecular complexity index is 1360. The van der Waals surface area contributed by atoms with Gasteiger partial charge in [0.15, 0.2) is 0 Å². The molecule has 3 aromatic heterocycles. The Morgan fingerprint density at radius 1 is 0.432 bits per heavy atom.